The van der Waals surface area contributed by atoms with Crippen LogP contribution in [-0.2, 0) is 0 Å². The predicted molar refractivity (Wildman–Crippen MR) is 47.5 cm³/mol. The van der Waals surface area contributed by atoms with Gasteiger partial charge in [0.1, 0.15) is 5.69 Å². The molecule has 0 heterocycles. The van der Waals surface area contributed by atoms with Crippen molar-refractivity contribution in [1.29, 1.82) is 0 Å². The van der Waals surface area contributed by atoms with E-state index in [-0.39, 0.29) is 6.04 Å². The van der Waals surface area contributed by atoms with Crippen LogP contribution in [0.15, 0.2) is 0 Å². The zero-order valence-electron chi connectivity index (χ0n) is 8.09. The smallest absolute Gasteiger partial charge is 0.200 e. The molecule has 0 spiro atoms. The van der Waals surface area contributed by atoms with Crippen molar-refractivity contribution in [2.75, 3.05) is 5.32 Å². The van der Waals surface area contributed by atoms with Crippen LogP contribution in [0.2, 0.25) is 0 Å². The molecule has 0 saturated heterocycles. The monoisotopic (exact) mass is 237 g/mol. The second-order valence-electron chi connectivity index (χ2n) is 3.72. The topological polar surface area (TPSA) is 12.0 Å². The van der Waals surface area contributed by atoms with Gasteiger partial charge in [-0.1, -0.05) is 0 Å². The van der Waals surface area contributed by atoms with Gasteiger partial charge in [-0.15, -0.1) is 0 Å². The molecule has 1 N–H and O–H groups in total. The van der Waals surface area contributed by atoms with E-state index in [1.165, 1.54) is 0 Å². The van der Waals surface area contributed by atoms with Gasteiger partial charge in [0.15, 0.2) is 23.3 Å². The molecule has 0 aromatic heterocycles. The fourth-order valence-electron chi connectivity index (χ4n) is 1.49. The van der Waals surface area contributed by atoms with Crippen molar-refractivity contribution < 1.29 is 22.0 Å². The van der Waals surface area contributed by atoms with Gasteiger partial charge in [-0.2, -0.15) is 0 Å². The average Bonchev–Trinajstić information content (AvgIpc) is 2.21. The molecule has 0 atom stereocenters. The lowest BCUT2D eigenvalue weighted by molar-refractivity contribution is 0.376. The van der Waals surface area contributed by atoms with Gasteiger partial charge in [0, 0.05) is 6.04 Å². The van der Waals surface area contributed by atoms with E-state index in [2.05, 4.69) is 5.32 Å². The molecule has 2 rings (SSSR count). The van der Waals surface area contributed by atoms with Crippen molar-refractivity contribution in [3.05, 3.63) is 29.1 Å². The molecule has 88 valence electrons. The Balaban J connectivity index is 2.42. The summed E-state index contributed by atoms with van der Waals surface area (Å²) in [6, 6.07) is -0.215. The molecular formula is C10H8F5N. The van der Waals surface area contributed by atoms with E-state index in [1.54, 1.807) is 0 Å². The summed E-state index contributed by atoms with van der Waals surface area (Å²) in [5, 5.41) is 2.33. The minimum absolute atomic E-state index is 0.215. The summed E-state index contributed by atoms with van der Waals surface area (Å²) in [5.74, 6) is -9.57. The van der Waals surface area contributed by atoms with Gasteiger partial charge in [0.25, 0.3) is 0 Å². The number of nitrogens with one attached hydrogen (secondary N) is 1. The molecule has 1 saturated carbocycles. The summed E-state index contributed by atoms with van der Waals surface area (Å²) in [7, 11) is 0. The van der Waals surface area contributed by atoms with Crippen molar-refractivity contribution >= 4 is 5.69 Å². The van der Waals surface area contributed by atoms with E-state index in [9.17, 15) is 22.0 Å². The quantitative estimate of drug-likeness (QED) is 0.472. The standard InChI is InChI=1S/C10H8F5N/c11-5-6(12)8(14)10(9(15)7(5)13)16-4-2-1-3-4/h4,16H,1-3H2. The van der Waals surface area contributed by atoms with Crippen LogP contribution in [0, 0.1) is 29.1 Å². The Bertz CT molecular complexity index is 399. The number of hydrogen-bond acceptors (Lipinski definition) is 1. The molecule has 6 heteroatoms. The summed E-state index contributed by atoms with van der Waals surface area (Å²) in [5.41, 5.74) is -0.930. The maximum absolute atomic E-state index is 13.1. The maximum atomic E-state index is 13.1. The van der Waals surface area contributed by atoms with E-state index >= 15 is 0 Å². The van der Waals surface area contributed by atoms with Crippen molar-refractivity contribution in [2.24, 2.45) is 0 Å². The summed E-state index contributed by atoms with van der Waals surface area (Å²) >= 11 is 0. The Kier molecular flexibility index (Phi) is 2.73. The third-order valence-corrected chi connectivity index (χ3v) is 2.66. The van der Waals surface area contributed by atoms with Gasteiger partial charge in [0.2, 0.25) is 5.82 Å². The Morgan fingerprint density at radius 2 is 1.19 bits per heavy atom. The molecule has 0 aliphatic heterocycles. The molecule has 1 fully saturated rings. The minimum Gasteiger partial charge on any atom is -0.377 e. The predicted octanol–water partition coefficient (Wildman–Crippen LogP) is 3.35. The minimum atomic E-state index is -2.13. The summed E-state index contributed by atoms with van der Waals surface area (Å²) in [4.78, 5) is 0. The lowest BCUT2D eigenvalue weighted by atomic mass is 9.93. The Morgan fingerprint density at radius 3 is 1.56 bits per heavy atom. The van der Waals surface area contributed by atoms with Gasteiger partial charge in [-0.25, -0.2) is 22.0 Å². The van der Waals surface area contributed by atoms with E-state index in [1.807, 2.05) is 0 Å². The van der Waals surface area contributed by atoms with Crippen molar-refractivity contribution in [2.45, 2.75) is 25.3 Å². The van der Waals surface area contributed by atoms with Crippen molar-refractivity contribution in [3.63, 3.8) is 0 Å². The molecule has 0 radical (unpaired) electrons. The van der Waals surface area contributed by atoms with Crippen LogP contribution in [0.4, 0.5) is 27.6 Å². The van der Waals surface area contributed by atoms with Gasteiger partial charge in [-0.3, -0.25) is 0 Å². The Hall–Kier alpha value is -1.33. The first kappa shape index (κ1) is 11.2. The van der Waals surface area contributed by atoms with Crippen molar-refractivity contribution in [3.8, 4) is 0 Å². The number of benzene rings is 1. The van der Waals surface area contributed by atoms with Crippen LogP contribution >= 0.6 is 0 Å². The summed E-state index contributed by atoms with van der Waals surface area (Å²) in [6.45, 7) is 0. The largest absolute Gasteiger partial charge is 0.377 e. The first-order valence-corrected chi connectivity index (χ1v) is 4.80. The highest BCUT2D eigenvalue weighted by molar-refractivity contribution is 5.48. The molecule has 1 aliphatic rings. The molecule has 16 heavy (non-hydrogen) atoms. The van der Waals surface area contributed by atoms with Crippen LogP contribution in [0.3, 0.4) is 0 Å². The first-order chi connectivity index (χ1) is 7.52. The zero-order valence-corrected chi connectivity index (χ0v) is 8.09. The van der Waals surface area contributed by atoms with Crippen molar-refractivity contribution in [1.82, 2.24) is 0 Å². The Morgan fingerprint density at radius 1 is 0.750 bits per heavy atom. The number of anilines is 1. The second kappa shape index (κ2) is 3.92. The molecule has 0 bridgehead atoms. The lowest BCUT2D eigenvalue weighted by Gasteiger charge is -2.27. The van der Waals surface area contributed by atoms with Gasteiger partial charge >= 0.3 is 0 Å². The van der Waals surface area contributed by atoms with E-state index < -0.39 is 34.8 Å². The number of hydrogen-bond donors (Lipinski definition) is 1. The first-order valence-electron chi connectivity index (χ1n) is 4.80. The van der Waals surface area contributed by atoms with E-state index in [0.717, 1.165) is 6.42 Å². The van der Waals surface area contributed by atoms with Gasteiger partial charge in [0.05, 0.1) is 0 Å². The summed E-state index contributed by atoms with van der Waals surface area (Å²) < 4.78 is 64.5. The van der Waals surface area contributed by atoms with Gasteiger partial charge in [-0.05, 0) is 19.3 Å². The molecule has 0 amide bonds. The van der Waals surface area contributed by atoms with Crippen LogP contribution in [0.25, 0.3) is 0 Å². The highest BCUT2D eigenvalue weighted by Gasteiger charge is 2.28. The second-order valence-corrected chi connectivity index (χ2v) is 3.72. The van der Waals surface area contributed by atoms with Crippen LogP contribution in [-0.4, -0.2) is 6.04 Å². The third kappa shape index (κ3) is 1.62. The highest BCUT2D eigenvalue weighted by atomic mass is 19.2. The van der Waals surface area contributed by atoms with E-state index in [4.69, 9.17) is 0 Å². The maximum Gasteiger partial charge on any atom is 0.200 e. The Labute approximate surface area is 88.3 Å². The fourth-order valence-corrected chi connectivity index (χ4v) is 1.49. The number of halogens is 5. The molecule has 0 unspecified atom stereocenters. The summed E-state index contributed by atoms with van der Waals surface area (Å²) in [6.07, 6.45) is 2.21. The zero-order chi connectivity index (χ0) is 11.9. The molecule has 1 nitrogen and oxygen atoms in total. The van der Waals surface area contributed by atoms with Crippen LogP contribution < -0.4 is 5.32 Å². The highest BCUT2D eigenvalue weighted by Crippen LogP contribution is 2.30. The van der Waals surface area contributed by atoms with Crippen LogP contribution in [0.1, 0.15) is 19.3 Å². The average molecular weight is 237 g/mol. The molecule has 1 aromatic carbocycles. The number of rotatable bonds is 2. The van der Waals surface area contributed by atoms with Crippen LogP contribution in [0.5, 0.6) is 0 Å². The molecular weight excluding hydrogens is 229 g/mol. The SMILES string of the molecule is Fc1c(F)c(F)c(NC2CCC2)c(F)c1F. The normalized spacial score (nSPS) is 16.1. The molecule has 1 aromatic rings. The van der Waals surface area contributed by atoms with Gasteiger partial charge < -0.3 is 5.32 Å². The van der Waals surface area contributed by atoms with E-state index in [0.29, 0.717) is 12.8 Å². The fraction of sp³-hybridized carbons (Fsp3) is 0.400. The lowest BCUT2D eigenvalue weighted by Crippen LogP contribution is -2.28. The molecule has 1 aliphatic carbocycles. The third-order valence-electron chi connectivity index (χ3n) is 2.66.